The van der Waals surface area contributed by atoms with Crippen molar-refractivity contribution in [2.24, 2.45) is 10.2 Å². The van der Waals surface area contributed by atoms with E-state index in [0.717, 1.165) is 11.3 Å². The smallest absolute Gasteiger partial charge is 0.271 e. The lowest BCUT2D eigenvalue weighted by molar-refractivity contribution is -0.213. The van der Waals surface area contributed by atoms with Gasteiger partial charge in [-0.2, -0.15) is 10.2 Å². The third-order valence-corrected chi connectivity index (χ3v) is 5.96. The Kier molecular flexibility index (Phi) is 5.40. The number of hydrogen-bond acceptors (Lipinski definition) is 7. The molecular weight excluding hydrogens is 372 g/mol. The van der Waals surface area contributed by atoms with Crippen molar-refractivity contribution >= 4 is 39.2 Å². The number of para-hydroxylation sites is 1. The molecule has 2 heterocycles. The van der Waals surface area contributed by atoms with E-state index in [4.69, 9.17) is 0 Å². The zero-order valence-electron chi connectivity index (χ0n) is 13.3. The Morgan fingerprint density at radius 3 is 2.73 bits per heavy atom. The van der Waals surface area contributed by atoms with Crippen molar-refractivity contribution in [2.75, 3.05) is 4.72 Å². The van der Waals surface area contributed by atoms with Gasteiger partial charge in [-0.3, -0.25) is 9.71 Å². The van der Waals surface area contributed by atoms with Crippen LogP contribution >= 0.6 is 11.3 Å². The third-order valence-electron chi connectivity index (χ3n) is 3.20. The van der Waals surface area contributed by atoms with Crippen LogP contribution in [0.25, 0.3) is 0 Å². The van der Waals surface area contributed by atoms with Gasteiger partial charge in [0, 0.05) is 29.4 Å². The van der Waals surface area contributed by atoms with E-state index in [-0.39, 0.29) is 15.5 Å². The van der Waals surface area contributed by atoms with Crippen LogP contribution in [0.5, 0.6) is 0 Å². The Balaban J connectivity index is 1.85. The van der Waals surface area contributed by atoms with Crippen LogP contribution in [0.1, 0.15) is 11.1 Å². The number of thiophene rings is 1. The second-order valence-electron chi connectivity index (χ2n) is 5.02. The number of nitrogens with zero attached hydrogens (tertiary/aromatic N) is 3. The van der Waals surface area contributed by atoms with Gasteiger partial charge < -0.3 is 5.11 Å². The monoisotopic (exact) mass is 385 g/mol. The molecule has 0 aliphatic carbocycles. The first-order valence-corrected chi connectivity index (χ1v) is 9.76. The third kappa shape index (κ3) is 4.32. The molecule has 0 amide bonds. The van der Waals surface area contributed by atoms with Crippen LogP contribution in [-0.2, 0) is 10.0 Å². The summed E-state index contributed by atoms with van der Waals surface area (Å²) in [6.07, 6.45) is 4.59. The van der Waals surface area contributed by atoms with Crippen LogP contribution in [0, 0.1) is 0 Å². The Morgan fingerprint density at radius 2 is 2.00 bits per heavy atom. The minimum atomic E-state index is -3.76. The summed E-state index contributed by atoms with van der Waals surface area (Å²) in [4.78, 5) is 3.93. The van der Waals surface area contributed by atoms with Gasteiger partial charge in [-0.25, -0.2) is 8.42 Å². The molecule has 26 heavy (non-hydrogen) atoms. The number of nitrogens with one attached hydrogen (secondary N) is 1. The van der Waals surface area contributed by atoms with Gasteiger partial charge in [-0.15, -0.1) is 11.3 Å². The summed E-state index contributed by atoms with van der Waals surface area (Å²) in [7, 11) is -3.76. The van der Waals surface area contributed by atoms with E-state index in [1.807, 2.05) is 0 Å². The van der Waals surface area contributed by atoms with E-state index < -0.39 is 15.9 Å². The number of anilines is 1. The summed E-state index contributed by atoms with van der Waals surface area (Å²) in [6.45, 7) is 0. The molecule has 1 N–H and O–H groups in total. The van der Waals surface area contributed by atoms with Crippen molar-refractivity contribution in [3.05, 3.63) is 77.4 Å². The standard InChI is InChI=1S/C17H14N4O3S2/c22-17(20-19-12-13-5-3-9-18-11-13)14-6-1-2-7-15(14)21-26(23,24)16-8-4-10-25-16/h1-12,21H,(H,20,22)/p-1/b19-12-. The van der Waals surface area contributed by atoms with E-state index in [0.29, 0.717) is 5.56 Å². The average Bonchev–Trinajstić information content (AvgIpc) is 3.18. The minimum Gasteiger partial charge on any atom is -0.857 e. The van der Waals surface area contributed by atoms with Crippen molar-refractivity contribution in [1.82, 2.24) is 4.98 Å². The maximum Gasteiger partial charge on any atom is 0.271 e. The average molecular weight is 385 g/mol. The van der Waals surface area contributed by atoms with Crippen molar-refractivity contribution in [3.63, 3.8) is 0 Å². The Morgan fingerprint density at radius 1 is 1.15 bits per heavy atom. The number of sulfonamides is 1. The van der Waals surface area contributed by atoms with Gasteiger partial charge in [0.2, 0.25) is 0 Å². The first-order valence-electron chi connectivity index (χ1n) is 7.40. The van der Waals surface area contributed by atoms with Crippen LogP contribution in [-0.4, -0.2) is 25.5 Å². The van der Waals surface area contributed by atoms with Gasteiger partial charge in [-0.05, 0) is 23.6 Å². The van der Waals surface area contributed by atoms with Crippen LogP contribution in [0.3, 0.4) is 0 Å². The summed E-state index contributed by atoms with van der Waals surface area (Å²) in [5, 5.41) is 21.3. The Labute approximate surface area is 154 Å². The highest BCUT2D eigenvalue weighted by Crippen LogP contribution is 2.22. The molecule has 7 nitrogen and oxygen atoms in total. The van der Waals surface area contributed by atoms with Gasteiger partial charge >= 0.3 is 0 Å². The van der Waals surface area contributed by atoms with Crippen LogP contribution in [0.4, 0.5) is 5.69 Å². The molecule has 0 fully saturated rings. The molecule has 0 bridgehead atoms. The molecule has 0 unspecified atom stereocenters. The molecule has 9 heteroatoms. The maximum absolute atomic E-state index is 12.4. The number of hydrogen-bond donors (Lipinski definition) is 1. The molecular formula is C17H13N4O3S2-. The fourth-order valence-corrected chi connectivity index (χ4v) is 4.10. The Bertz CT molecular complexity index is 1030. The number of rotatable bonds is 6. The molecule has 0 saturated heterocycles. The summed E-state index contributed by atoms with van der Waals surface area (Å²) >= 11 is 1.09. The molecule has 3 aromatic rings. The van der Waals surface area contributed by atoms with E-state index >= 15 is 0 Å². The first kappa shape index (κ1) is 17.8. The molecule has 3 rings (SSSR count). The molecule has 0 saturated carbocycles. The Hall–Kier alpha value is -3.04. The highest BCUT2D eigenvalue weighted by molar-refractivity contribution is 7.94. The first-order chi connectivity index (χ1) is 12.6. The molecule has 0 atom stereocenters. The second-order valence-corrected chi connectivity index (χ2v) is 7.88. The van der Waals surface area contributed by atoms with Crippen molar-refractivity contribution in [3.8, 4) is 0 Å². The number of pyridine rings is 1. The minimum absolute atomic E-state index is 0.107. The number of benzene rings is 1. The zero-order chi connectivity index (χ0) is 18.4. The highest BCUT2D eigenvalue weighted by atomic mass is 32.2. The lowest BCUT2D eigenvalue weighted by atomic mass is 10.2. The lowest BCUT2D eigenvalue weighted by Crippen LogP contribution is -2.22. The quantitative estimate of drug-likeness (QED) is 0.398. The fraction of sp³-hybridized carbons (Fsp3) is 0. The summed E-state index contributed by atoms with van der Waals surface area (Å²) in [6, 6.07) is 12.9. The van der Waals surface area contributed by atoms with Gasteiger partial charge in [0.1, 0.15) is 4.21 Å². The summed E-state index contributed by atoms with van der Waals surface area (Å²) in [5.41, 5.74) is 0.943. The lowest BCUT2D eigenvalue weighted by Gasteiger charge is -2.15. The highest BCUT2D eigenvalue weighted by Gasteiger charge is 2.16. The van der Waals surface area contributed by atoms with Crippen molar-refractivity contribution in [1.29, 1.82) is 0 Å². The molecule has 1 aromatic carbocycles. The van der Waals surface area contributed by atoms with Gasteiger partial charge in [0.25, 0.3) is 10.0 Å². The summed E-state index contributed by atoms with van der Waals surface area (Å²) in [5.74, 6) is -0.658. The summed E-state index contributed by atoms with van der Waals surface area (Å²) < 4.78 is 27.3. The van der Waals surface area contributed by atoms with Crippen LogP contribution < -0.4 is 9.83 Å². The van der Waals surface area contributed by atoms with Crippen LogP contribution in [0.15, 0.2) is 80.7 Å². The number of aromatic nitrogens is 1. The van der Waals surface area contributed by atoms with Gasteiger partial charge in [-0.1, -0.05) is 30.3 Å². The molecule has 0 aliphatic heterocycles. The van der Waals surface area contributed by atoms with E-state index in [1.165, 1.54) is 24.4 Å². The fourth-order valence-electron chi connectivity index (χ4n) is 2.02. The molecule has 132 valence electrons. The molecule has 0 radical (unpaired) electrons. The van der Waals surface area contributed by atoms with E-state index in [9.17, 15) is 13.5 Å². The predicted octanol–water partition coefficient (Wildman–Crippen LogP) is 2.08. The molecule has 0 aliphatic rings. The van der Waals surface area contributed by atoms with E-state index in [1.54, 1.807) is 48.1 Å². The maximum atomic E-state index is 12.4. The second kappa shape index (κ2) is 7.89. The SMILES string of the molecule is O=S(=O)(Nc1ccccc1C([O-])=N/N=C\c1cccnc1)c1cccs1. The van der Waals surface area contributed by atoms with Crippen LogP contribution in [0.2, 0.25) is 0 Å². The van der Waals surface area contributed by atoms with Crippen molar-refractivity contribution < 1.29 is 13.5 Å². The van der Waals surface area contributed by atoms with Crippen molar-refractivity contribution in [2.45, 2.75) is 4.21 Å². The normalized spacial score (nSPS) is 12.4. The van der Waals surface area contributed by atoms with E-state index in [2.05, 4.69) is 19.9 Å². The van der Waals surface area contributed by atoms with Gasteiger partial charge in [0.05, 0.1) is 11.9 Å². The molecule has 2 aromatic heterocycles. The zero-order valence-corrected chi connectivity index (χ0v) is 14.9. The largest absolute Gasteiger partial charge is 0.857 e. The topological polar surface area (TPSA) is 107 Å². The predicted molar refractivity (Wildman–Crippen MR) is 99.9 cm³/mol. The van der Waals surface area contributed by atoms with Gasteiger partial charge in [0.15, 0.2) is 0 Å². The molecule has 0 spiro atoms.